The average molecular weight is 273 g/mol. The molecular formula is C9H9Cl2F3N2. The summed E-state index contributed by atoms with van der Waals surface area (Å²) < 4.78 is 36.5. The lowest BCUT2D eigenvalue weighted by Gasteiger charge is -2.23. The van der Waals surface area contributed by atoms with Crippen LogP contribution >= 0.6 is 23.2 Å². The third kappa shape index (κ3) is 3.35. The van der Waals surface area contributed by atoms with E-state index in [-0.39, 0.29) is 15.7 Å². The molecule has 0 aliphatic heterocycles. The van der Waals surface area contributed by atoms with E-state index in [0.29, 0.717) is 5.69 Å². The molecule has 0 aromatic heterocycles. The number of benzene rings is 1. The number of nitrogens with two attached hydrogens (primary N) is 1. The van der Waals surface area contributed by atoms with Gasteiger partial charge in [0.25, 0.3) is 0 Å². The van der Waals surface area contributed by atoms with Crippen molar-refractivity contribution < 1.29 is 13.2 Å². The maximum atomic E-state index is 12.2. The van der Waals surface area contributed by atoms with Crippen molar-refractivity contribution in [1.29, 1.82) is 0 Å². The smallest absolute Gasteiger partial charge is 0.399 e. The van der Waals surface area contributed by atoms with Crippen molar-refractivity contribution in [3.63, 3.8) is 0 Å². The van der Waals surface area contributed by atoms with Gasteiger partial charge in [-0.2, -0.15) is 13.2 Å². The topological polar surface area (TPSA) is 29.3 Å². The van der Waals surface area contributed by atoms with Gasteiger partial charge >= 0.3 is 6.18 Å². The molecule has 1 aromatic carbocycles. The van der Waals surface area contributed by atoms with E-state index in [1.54, 1.807) is 0 Å². The molecule has 0 radical (unpaired) electrons. The fourth-order valence-corrected chi connectivity index (χ4v) is 2.09. The van der Waals surface area contributed by atoms with Gasteiger partial charge in [0.15, 0.2) is 0 Å². The van der Waals surface area contributed by atoms with Crippen LogP contribution in [-0.4, -0.2) is 19.8 Å². The lowest BCUT2D eigenvalue weighted by Crippen LogP contribution is -2.31. The maximum absolute atomic E-state index is 12.2. The summed E-state index contributed by atoms with van der Waals surface area (Å²) in [5.74, 6) is 0. The van der Waals surface area contributed by atoms with Crippen LogP contribution in [0.2, 0.25) is 10.0 Å². The summed E-state index contributed by atoms with van der Waals surface area (Å²) in [6.45, 7) is -1.13. The van der Waals surface area contributed by atoms with Crippen molar-refractivity contribution in [1.82, 2.24) is 0 Å². The summed E-state index contributed by atoms with van der Waals surface area (Å²) in [7, 11) is 1.26. The number of hydrogen-bond acceptors (Lipinski definition) is 2. The Morgan fingerprint density at radius 1 is 1.25 bits per heavy atom. The Balaban J connectivity index is 3.04. The second-order valence-corrected chi connectivity index (χ2v) is 4.12. The Morgan fingerprint density at radius 3 is 2.06 bits per heavy atom. The molecule has 0 heterocycles. The molecule has 0 aliphatic carbocycles. The van der Waals surface area contributed by atoms with Gasteiger partial charge in [-0.05, 0) is 12.1 Å². The number of hydrogen-bond donors (Lipinski definition) is 1. The van der Waals surface area contributed by atoms with E-state index < -0.39 is 12.7 Å². The van der Waals surface area contributed by atoms with Crippen LogP contribution in [0.4, 0.5) is 24.5 Å². The van der Waals surface area contributed by atoms with Gasteiger partial charge < -0.3 is 10.6 Å². The highest BCUT2D eigenvalue weighted by Gasteiger charge is 2.30. The summed E-state index contributed by atoms with van der Waals surface area (Å²) in [4.78, 5) is 0.935. The van der Waals surface area contributed by atoms with E-state index in [1.165, 1.54) is 19.2 Å². The van der Waals surface area contributed by atoms with Crippen LogP contribution in [0.3, 0.4) is 0 Å². The average Bonchev–Trinajstić information content (AvgIpc) is 1.96. The van der Waals surface area contributed by atoms with Gasteiger partial charge in [0.2, 0.25) is 0 Å². The molecule has 0 amide bonds. The minimum absolute atomic E-state index is 0.0942. The van der Waals surface area contributed by atoms with Crippen molar-refractivity contribution in [3.05, 3.63) is 22.2 Å². The molecule has 2 nitrogen and oxygen atoms in total. The Hall–Kier alpha value is -0.810. The highest BCUT2D eigenvalue weighted by Crippen LogP contribution is 2.36. The third-order valence-corrected chi connectivity index (χ3v) is 2.41. The Labute approximate surface area is 101 Å². The van der Waals surface area contributed by atoms with E-state index in [4.69, 9.17) is 28.9 Å². The first-order chi connectivity index (χ1) is 7.20. The van der Waals surface area contributed by atoms with Gasteiger partial charge in [0.1, 0.15) is 6.54 Å². The van der Waals surface area contributed by atoms with Crippen molar-refractivity contribution in [2.45, 2.75) is 6.18 Å². The predicted octanol–water partition coefficient (Wildman–Crippen LogP) is 3.57. The van der Waals surface area contributed by atoms with Crippen molar-refractivity contribution >= 4 is 34.6 Å². The minimum Gasteiger partial charge on any atom is -0.399 e. The molecular weight excluding hydrogens is 264 g/mol. The van der Waals surface area contributed by atoms with Crippen LogP contribution in [-0.2, 0) is 0 Å². The summed E-state index contributed by atoms with van der Waals surface area (Å²) in [6.07, 6.45) is -4.32. The molecule has 7 heteroatoms. The molecule has 0 saturated carbocycles. The van der Waals surface area contributed by atoms with Crippen molar-refractivity contribution in [2.24, 2.45) is 0 Å². The number of rotatable bonds is 2. The number of nitrogen functional groups attached to an aromatic ring is 1. The zero-order chi connectivity index (χ0) is 12.5. The van der Waals surface area contributed by atoms with Crippen LogP contribution < -0.4 is 10.6 Å². The first kappa shape index (κ1) is 13.3. The molecule has 1 rings (SSSR count). The van der Waals surface area contributed by atoms with E-state index in [2.05, 4.69) is 0 Å². The SMILES string of the molecule is CN(CC(F)(F)F)c1c(Cl)cc(N)cc1Cl. The monoisotopic (exact) mass is 272 g/mol. The highest BCUT2D eigenvalue weighted by atomic mass is 35.5. The van der Waals surface area contributed by atoms with Crippen molar-refractivity contribution in [2.75, 3.05) is 24.2 Å². The highest BCUT2D eigenvalue weighted by molar-refractivity contribution is 6.39. The Kier molecular flexibility index (Phi) is 3.80. The number of anilines is 2. The normalized spacial score (nSPS) is 11.6. The van der Waals surface area contributed by atoms with E-state index in [0.717, 1.165) is 4.90 Å². The number of alkyl halides is 3. The molecule has 1 aromatic rings. The van der Waals surface area contributed by atoms with Gasteiger partial charge in [0, 0.05) is 12.7 Å². The number of nitrogens with zero attached hydrogens (tertiary/aromatic N) is 1. The van der Waals surface area contributed by atoms with Gasteiger partial charge in [-0.1, -0.05) is 23.2 Å². The first-order valence-corrected chi connectivity index (χ1v) is 4.98. The standard InChI is InChI=1S/C9H9Cl2F3N2/c1-16(4-9(12,13)14)8-6(10)2-5(15)3-7(8)11/h2-3H,4,15H2,1H3. The maximum Gasteiger partial charge on any atom is 0.405 e. The molecule has 0 spiro atoms. The van der Waals surface area contributed by atoms with Crippen LogP contribution in [0, 0.1) is 0 Å². The fraction of sp³-hybridized carbons (Fsp3) is 0.333. The third-order valence-electron chi connectivity index (χ3n) is 1.84. The molecule has 0 aliphatic rings. The van der Waals surface area contributed by atoms with Crippen LogP contribution in [0.15, 0.2) is 12.1 Å². The molecule has 16 heavy (non-hydrogen) atoms. The second kappa shape index (κ2) is 4.59. The zero-order valence-corrected chi connectivity index (χ0v) is 9.79. The quantitative estimate of drug-likeness (QED) is 0.834. The van der Waals surface area contributed by atoms with Crippen molar-refractivity contribution in [3.8, 4) is 0 Å². The molecule has 0 atom stereocenters. The van der Waals surface area contributed by atoms with Gasteiger partial charge in [-0.15, -0.1) is 0 Å². The molecule has 2 N–H and O–H groups in total. The van der Waals surface area contributed by atoms with Crippen LogP contribution in [0.1, 0.15) is 0 Å². The Morgan fingerprint density at radius 2 is 1.69 bits per heavy atom. The molecule has 0 fully saturated rings. The summed E-state index contributed by atoms with van der Waals surface area (Å²) in [6, 6.07) is 2.71. The second-order valence-electron chi connectivity index (χ2n) is 3.30. The lowest BCUT2D eigenvalue weighted by atomic mass is 10.2. The molecule has 90 valence electrons. The van der Waals surface area contributed by atoms with Crippen LogP contribution in [0.25, 0.3) is 0 Å². The summed E-state index contributed by atoms with van der Waals surface area (Å²) in [5, 5.41) is 0.188. The van der Waals surface area contributed by atoms with Crippen LogP contribution in [0.5, 0.6) is 0 Å². The first-order valence-electron chi connectivity index (χ1n) is 4.23. The predicted molar refractivity (Wildman–Crippen MR) is 60.2 cm³/mol. The largest absolute Gasteiger partial charge is 0.405 e. The summed E-state index contributed by atoms with van der Waals surface area (Å²) in [5.41, 5.74) is 5.87. The van der Waals surface area contributed by atoms with E-state index in [9.17, 15) is 13.2 Å². The van der Waals surface area contributed by atoms with Gasteiger partial charge in [-0.3, -0.25) is 0 Å². The number of halogens is 5. The summed E-state index contributed by atoms with van der Waals surface area (Å²) >= 11 is 11.6. The lowest BCUT2D eigenvalue weighted by molar-refractivity contribution is -0.119. The fourth-order valence-electron chi connectivity index (χ4n) is 1.30. The molecule has 0 bridgehead atoms. The Bertz CT molecular complexity index is 370. The van der Waals surface area contributed by atoms with Gasteiger partial charge in [0.05, 0.1) is 15.7 Å². The molecule has 0 unspecified atom stereocenters. The van der Waals surface area contributed by atoms with E-state index >= 15 is 0 Å². The molecule has 0 saturated heterocycles. The minimum atomic E-state index is -4.32. The zero-order valence-electron chi connectivity index (χ0n) is 8.28. The van der Waals surface area contributed by atoms with Gasteiger partial charge in [-0.25, -0.2) is 0 Å². The van der Waals surface area contributed by atoms with E-state index in [1.807, 2.05) is 0 Å².